The average Bonchev–Trinajstić information content (AvgIpc) is 2.74. The number of fused-ring (bicyclic) bond motifs is 4. The zero-order valence-electron chi connectivity index (χ0n) is 16.5. The normalized spacial score (nSPS) is 15.1. The Balaban J connectivity index is 1.84. The molecule has 1 aliphatic rings. The van der Waals surface area contributed by atoms with Crippen LogP contribution in [0.15, 0.2) is 67.3 Å². The quantitative estimate of drug-likeness (QED) is 0.485. The number of ether oxygens (including phenoxy) is 1. The molecule has 1 atom stereocenters. The van der Waals surface area contributed by atoms with Gasteiger partial charge in [0, 0.05) is 30.4 Å². The van der Waals surface area contributed by atoms with Crippen LogP contribution in [0.2, 0.25) is 0 Å². The van der Waals surface area contributed by atoms with Crippen molar-refractivity contribution < 1.29 is 4.74 Å². The number of rotatable bonds is 3. The number of nitrogens with one attached hydrogen (secondary N) is 1. The Morgan fingerprint density at radius 1 is 1.07 bits per heavy atom. The second-order valence-corrected chi connectivity index (χ2v) is 7.88. The summed E-state index contributed by atoms with van der Waals surface area (Å²) in [6.07, 6.45) is 5.37. The zero-order chi connectivity index (χ0) is 20.0. The van der Waals surface area contributed by atoms with E-state index >= 15 is 0 Å². The van der Waals surface area contributed by atoms with Crippen LogP contribution >= 0.6 is 0 Å². The maximum Gasteiger partial charge on any atom is 0.228 e. The van der Waals surface area contributed by atoms with Crippen LogP contribution in [0.5, 0.6) is 11.6 Å². The first-order chi connectivity index (χ1) is 14.1. The Bertz CT molecular complexity index is 1260. The molecule has 0 saturated heterocycles. The standard InChI is InChI=1S/C24H22N4O/c1-15(2)13-28-14-27-24-22(23(28)25)20(17-7-5-11-26-12-17)21-18-8-4-3-6-16(18)9-10-19(21)29-24/h3-12,14-15,20,25H,13H2,1-2H3. The third kappa shape index (κ3) is 2.90. The summed E-state index contributed by atoms with van der Waals surface area (Å²) in [7, 11) is 0. The highest BCUT2D eigenvalue weighted by Crippen LogP contribution is 2.47. The van der Waals surface area contributed by atoms with E-state index in [1.807, 2.05) is 35.0 Å². The van der Waals surface area contributed by atoms with Gasteiger partial charge in [0.2, 0.25) is 5.88 Å². The van der Waals surface area contributed by atoms with Crippen LogP contribution in [0.1, 0.15) is 36.5 Å². The zero-order valence-corrected chi connectivity index (χ0v) is 16.5. The first kappa shape index (κ1) is 17.6. The van der Waals surface area contributed by atoms with E-state index in [0.29, 0.717) is 17.3 Å². The highest BCUT2D eigenvalue weighted by molar-refractivity contribution is 5.90. The fourth-order valence-corrected chi connectivity index (χ4v) is 4.17. The van der Waals surface area contributed by atoms with E-state index in [4.69, 9.17) is 10.1 Å². The summed E-state index contributed by atoms with van der Waals surface area (Å²) in [5.41, 5.74) is 3.34. The number of nitrogens with zero attached hydrogens (tertiary/aromatic N) is 3. The van der Waals surface area contributed by atoms with E-state index in [2.05, 4.69) is 48.1 Å². The van der Waals surface area contributed by atoms with Crippen molar-refractivity contribution in [2.45, 2.75) is 26.3 Å². The average molecular weight is 382 g/mol. The molecule has 3 heterocycles. The molecule has 2 aromatic carbocycles. The molecule has 2 aromatic heterocycles. The van der Waals surface area contributed by atoms with Crippen molar-refractivity contribution in [2.75, 3.05) is 0 Å². The molecule has 0 bridgehead atoms. The van der Waals surface area contributed by atoms with E-state index in [1.54, 1.807) is 12.5 Å². The monoisotopic (exact) mass is 382 g/mol. The van der Waals surface area contributed by atoms with Gasteiger partial charge in [-0.1, -0.05) is 50.2 Å². The van der Waals surface area contributed by atoms with Crippen molar-refractivity contribution in [3.05, 3.63) is 89.4 Å². The van der Waals surface area contributed by atoms with Gasteiger partial charge in [0.1, 0.15) is 17.6 Å². The number of hydrogen-bond acceptors (Lipinski definition) is 4. The number of pyridine rings is 1. The molecule has 1 aliphatic heterocycles. The highest BCUT2D eigenvalue weighted by atomic mass is 16.5. The smallest absolute Gasteiger partial charge is 0.228 e. The number of aromatic nitrogens is 3. The Morgan fingerprint density at radius 3 is 2.72 bits per heavy atom. The van der Waals surface area contributed by atoms with Crippen molar-refractivity contribution >= 4 is 10.8 Å². The van der Waals surface area contributed by atoms with Gasteiger partial charge in [0.05, 0.1) is 5.56 Å². The maximum atomic E-state index is 8.97. The lowest BCUT2D eigenvalue weighted by molar-refractivity contribution is 0.415. The molecule has 0 fully saturated rings. The van der Waals surface area contributed by atoms with Gasteiger partial charge in [-0.25, -0.2) is 4.98 Å². The molecule has 5 heteroatoms. The molecule has 1 unspecified atom stereocenters. The van der Waals surface area contributed by atoms with Gasteiger partial charge in [0.15, 0.2) is 0 Å². The fraction of sp³-hybridized carbons (Fsp3) is 0.208. The Labute approximate surface area is 169 Å². The summed E-state index contributed by atoms with van der Waals surface area (Å²) in [5, 5.41) is 11.2. The lowest BCUT2D eigenvalue weighted by atomic mass is 9.82. The summed E-state index contributed by atoms with van der Waals surface area (Å²) in [6, 6.07) is 16.4. The van der Waals surface area contributed by atoms with Gasteiger partial charge in [-0.2, -0.15) is 0 Å². The Hall–Kier alpha value is -3.47. The molecule has 5 nitrogen and oxygen atoms in total. The van der Waals surface area contributed by atoms with E-state index in [0.717, 1.165) is 39.8 Å². The van der Waals surface area contributed by atoms with Gasteiger partial charge in [-0.3, -0.25) is 10.4 Å². The molecule has 0 aliphatic carbocycles. The second kappa shape index (κ2) is 6.85. The van der Waals surface area contributed by atoms with E-state index < -0.39 is 0 Å². The third-order valence-electron chi connectivity index (χ3n) is 5.38. The summed E-state index contributed by atoms with van der Waals surface area (Å²) in [5.74, 6) is 1.55. The molecule has 0 spiro atoms. The van der Waals surface area contributed by atoms with Crippen molar-refractivity contribution in [2.24, 2.45) is 5.92 Å². The SMILES string of the molecule is CC(C)Cn1cnc2c(c1=N)C(c1cccnc1)c1c(ccc3ccccc13)O2. The van der Waals surface area contributed by atoms with Crippen LogP contribution in [0.25, 0.3) is 10.8 Å². The topological polar surface area (TPSA) is 63.8 Å². The molecular formula is C24H22N4O. The van der Waals surface area contributed by atoms with E-state index in [9.17, 15) is 0 Å². The van der Waals surface area contributed by atoms with Gasteiger partial charge in [0.25, 0.3) is 0 Å². The minimum atomic E-state index is -0.159. The molecule has 0 amide bonds. The van der Waals surface area contributed by atoms with Crippen molar-refractivity contribution in [3.8, 4) is 11.6 Å². The van der Waals surface area contributed by atoms with Crippen molar-refractivity contribution in [3.63, 3.8) is 0 Å². The fourth-order valence-electron chi connectivity index (χ4n) is 4.17. The lowest BCUT2D eigenvalue weighted by Crippen LogP contribution is -2.31. The molecule has 144 valence electrons. The predicted molar refractivity (Wildman–Crippen MR) is 112 cm³/mol. The molecule has 1 N–H and O–H groups in total. The summed E-state index contributed by atoms with van der Waals surface area (Å²) in [6.45, 7) is 5.02. The van der Waals surface area contributed by atoms with Gasteiger partial charge < -0.3 is 9.30 Å². The van der Waals surface area contributed by atoms with Crippen LogP contribution in [0.4, 0.5) is 0 Å². The maximum absolute atomic E-state index is 8.97. The van der Waals surface area contributed by atoms with Crippen LogP contribution in [0, 0.1) is 11.3 Å². The van der Waals surface area contributed by atoms with Gasteiger partial charge >= 0.3 is 0 Å². The molecular weight excluding hydrogens is 360 g/mol. The highest BCUT2D eigenvalue weighted by Gasteiger charge is 2.33. The van der Waals surface area contributed by atoms with Crippen molar-refractivity contribution in [1.82, 2.24) is 14.5 Å². The van der Waals surface area contributed by atoms with E-state index in [-0.39, 0.29) is 5.92 Å². The number of benzene rings is 2. The summed E-state index contributed by atoms with van der Waals surface area (Å²) < 4.78 is 8.12. The Kier molecular flexibility index (Phi) is 4.16. The van der Waals surface area contributed by atoms with Gasteiger partial charge in [-0.05, 0) is 34.4 Å². The first-order valence-electron chi connectivity index (χ1n) is 9.87. The van der Waals surface area contributed by atoms with Gasteiger partial charge in [-0.15, -0.1) is 0 Å². The molecule has 0 radical (unpaired) electrons. The van der Waals surface area contributed by atoms with Crippen LogP contribution in [-0.4, -0.2) is 14.5 Å². The molecule has 0 saturated carbocycles. The minimum Gasteiger partial charge on any atom is -0.438 e. The Morgan fingerprint density at radius 2 is 1.93 bits per heavy atom. The predicted octanol–water partition coefficient (Wildman–Crippen LogP) is 4.85. The summed E-state index contributed by atoms with van der Waals surface area (Å²) in [4.78, 5) is 8.95. The first-order valence-corrected chi connectivity index (χ1v) is 9.87. The second-order valence-electron chi connectivity index (χ2n) is 7.88. The lowest BCUT2D eigenvalue weighted by Gasteiger charge is -2.29. The minimum absolute atomic E-state index is 0.159. The van der Waals surface area contributed by atoms with Crippen LogP contribution < -0.4 is 10.2 Å². The molecule has 29 heavy (non-hydrogen) atoms. The number of hydrogen-bond donors (Lipinski definition) is 1. The van der Waals surface area contributed by atoms with Crippen molar-refractivity contribution in [1.29, 1.82) is 5.41 Å². The van der Waals surface area contributed by atoms with Crippen LogP contribution in [-0.2, 0) is 6.54 Å². The summed E-state index contributed by atoms with van der Waals surface area (Å²) >= 11 is 0. The third-order valence-corrected chi connectivity index (χ3v) is 5.38. The van der Waals surface area contributed by atoms with E-state index in [1.165, 1.54) is 0 Å². The van der Waals surface area contributed by atoms with Crippen LogP contribution in [0.3, 0.4) is 0 Å². The molecule has 4 aromatic rings. The molecule has 5 rings (SSSR count). The largest absolute Gasteiger partial charge is 0.438 e.